The summed E-state index contributed by atoms with van der Waals surface area (Å²) in [6.07, 6.45) is 7.92. The van der Waals surface area contributed by atoms with Crippen LogP contribution < -0.4 is 15.0 Å². The van der Waals surface area contributed by atoms with Gasteiger partial charge in [-0.25, -0.2) is 4.98 Å². The van der Waals surface area contributed by atoms with Gasteiger partial charge in [-0.3, -0.25) is 4.90 Å². The lowest BCUT2D eigenvalue weighted by atomic mass is 10.1. The van der Waals surface area contributed by atoms with Crippen LogP contribution in [0.3, 0.4) is 0 Å². The van der Waals surface area contributed by atoms with Gasteiger partial charge in [0.25, 0.3) is 0 Å². The standard InChI is InChI=1S/C23H33N5O/c1-3-20(4-2)28-13-10-18-17-24-23(26-22(18)28)25-19-8-7-9-21(16-19)29-15-14-27-11-5-6-12-27/h7-9,16-17,20H,3-6,10-15H2,1-2H3,(H,24,25,26). The molecule has 1 fully saturated rings. The van der Waals surface area contributed by atoms with Gasteiger partial charge in [-0.15, -0.1) is 0 Å². The van der Waals surface area contributed by atoms with Crippen molar-refractivity contribution in [2.45, 2.75) is 52.0 Å². The van der Waals surface area contributed by atoms with Crippen molar-refractivity contribution in [3.05, 3.63) is 36.0 Å². The summed E-state index contributed by atoms with van der Waals surface area (Å²) in [5.74, 6) is 2.62. The number of fused-ring (bicyclic) bond motifs is 1. The summed E-state index contributed by atoms with van der Waals surface area (Å²) >= 11 is 0. The molecule has 1 aromatic carbocycles. The van der Waals surface area contributed by atoms with Gasteiger partial charge >= 0.3 is 0 Å². The van der Waals surface area contributed by atoms with Crippen LogP contribution in [0.4, 0.5) is 17.5 Å². The molecule has 0 radical (unpaired) electrons. The van der Waals surface area contributed by atoms with E-state index in [0.717, 1.165) is 56.2 Å². The summed E-state index contributed by atoms with van der Waals surface area (Å²) in [5.41, 5.74) is 2.21. The van der Waals surface area contributed by atoms with Gasteiger partial charge in [0.2, 0.25) is 5.95 Å². The van der Waals surface area contributed by atoms with Gasteiger partial charge in [-0.1, -0.05) is 19.9 Å². The quantitative estimate of drug-likeness (QED) is 0.685. The van der Waals surface area contributed by atoms with Gasteiger partial charge in [-0.2, -0.15) is 4.98 Å². The maximum Gasteiger partial charge on any atom is 0.229 e. The Hall–Kier alpha value is -2.34. The summed E-state index contributed by atoms with van der Waals surface area (Å²) < 4.78 is 5.97. The fraction of sp³-hybridized carbons (Fsp3) is 0.565. The first-order valence-electron chi connectivity index (χ1n) is 11.1. The average molecular weight is 396 g/mol. The maximum atomic E-state index is 5.97. The molecule has 0 spiro atoms. The van der Waals surface area contributed by atoms with Crippen molar-refractivity contribution in [3.8, 4) is 5.75 Å². The molecule has 0 bridgehead atoms. The third-order valence-electron chi connectivity index (χ3n) is 6.08. The van der Waals surface area contributed by atoms with Gasteiger partial charge in [0.1, 0.15) is 18.2 Å². The Kier molecular flexibility index (Phi) is 6.49. The summed E-state index contributed by atoms with van der Waals surface area (Å²) in [4.78, 5) is 14.3. The Bertz CT molecular complexity index is 802. The Balaban J connectivity index is 1.40. The molecular formula is C23H33N5O. The number of hydrogen-bond acceptors (Lipinski definition) is 6. The molecule has 0 aliphatic carbocycles. The van der Waals surface area contributed by atoms with E-state index in [-0.39, 0.29) is 0 Å². The van der Waals surface area contributed by atoms with Crippen LogP contribution in [0.15, 0.2) is 30.5 Å². The molecule has 29 heavy (non-hydrogen) atoms. The number of rotatable bonds is 9. The summed E-state index contributed by atoms with van der Waals surface area (Å²) in [5, 5.41) is 3.36. The average Bonchev–Trinajstić information content (AvgIpc) is 3.40. The van der Waals surface area contributed by atoms with E-state index >= 15 is 0 Å². The molecule has 156 valence electrons. The second-order valence-electron chi connectivity index (χ2n) is 8.01. The Morgan fingerprint density at radius 1 is 1.14 bits per heavy atom. The lowest BCUT2D eigenvalue weighted by molar-refractivity contribution is 0.238. The lowest BCUT2D eigenvalue weighted by Crippen LogP contribution is -2.33. The van der Waals surface area contributed by atoms with Gasteiger partial charge in [0, 0.05) is 42.6 Å². The van der Waals surface area contributed by atoms with Gasteiger partial charge < -0.3 is 15.0 Å². The van der Waals surface area contributed by atoms with Crippen molar-refractivity contribution in [2.75, 3.05) is 43.0 Å². The molecule has 2 aliphatic heterocycles. The Labute approximate surface area is 174 Å². The second-order valence-corrected chi connectivity index (χ2v) is 8.01. The van der Waals surface area contributed by atoms with Gasteiger partial charge in [0.05, 0.1) is 0 Å². The SMILES string of the molecule is CCC(CC)N1CCc2cnc(Nc3cccc(OCCN4CCCC4)c3)nc21. The molecule has 6 nitrogen and oxygen atoms in total. The van der Waals surface area contributed by atoms with Crippen LogP contribution in [0.25, 0.3) is 0 Å². The number of ether oxygens (including phenoxy) is 1. The normalized spacial score (nSPS) is 16.4. The highest BCUT2D eigenvalue weighted by molar-refractivity contribution is 5.60. The van der Waals surface area contributed by atoms with E-state index in [9.17, 15) is 0 Å². The zero-order chi connectivity index (χ0) is 20.1. The minimum atomic E-state index is 0.548. The maximum absolute atomic E-state index is 5.97. The van der Waals surface area contributed by atoms with Crippen molar-refractivity contribution >= 4 is 17.5 Å². The smallest absolute Gasteiger partial charge is 0.229 e. The van der Waals surface area contributed by atoms with Crippen molar-refractivity contribution in [3.63, 3.8) is 0 Å². The van der Waals surface area contributed by atoms with E-state index < -0.39 is 0 Å². The molecule has 1 N–H and O–H groups in total. The van der Waals surface area contributed by atoms with E-state index in [1.807, 2.05) is 30.5 Å². The predicted octanol–water partition coefficient (Wildman–Crippen LogP) is 4.25. The van der Waals surface area contributed by atoms with Gasteiger partial charge in [0.15, 0.2) is 0 Å². The molecular weight excluding hydrogens is 362 g/mol. The highest BCUT2D eigenvalue weighted by Crippen LogP contribution is 2.30. The molecule has 6 heteroatoms. The number of likely N-dealkylation sites (tertiary alicyclic amines) is 1. The lowest BCUT2D eigenvalue weighted by Gasteiger charge is -2.27. The van der Waals surface area contributed by atoms with Crippen LogP contribution in [-0.4, -0.2) is 53.7 Å². The minimum absolute atomic E-state index is 0.548. The fourth-order valence-electron chi connectivity index (χ4n) is 4.41. The molecule has 3 heterocycles. The van der Waals surface area contributed by atoms with Crippen LogP contribution in [-0.2, 0) is 6.42 Å². The van der Waals surface area contributed by atoms with Crippen molar-refractivity contribution in [2.24, 2.45) is 0 Å². The largest absolute Gasteiger partial charge is 0.492 e. The van der Waals surface area contributed by atoms with Gasteiger partial charge in [-0.05, 0) is 57.3 Å². The topological polar surface area (TPSA) is 53.5 Å². The Morgan fingerprint density at radius 2 is 1.97 bits per heavy atom. The van der Waals surface area contributed by atoms with Crippen molar-refractivity contribution in [1.82, 2.24) is 14.9 Å². The third kappa shape index (κ3) is 4.81. The highest BCUT2D eigenvalue weighted by Gasteiger charge is 2.26. The molecule has 2 aliphatic rings. The van der Waals surface area contributed by atoms with Crippen LogP contribution >= 0.6 is 0 Å². The number of aromatic nitrogens is 2. The van der Waals surface area contributed by atoms with Crippen molar-refractivity contribution in [1.29, 1.82) is 0 Å². The molecule has 0 saturated carbocycles. The summed E-state index contributed by atoms with van der Waals surface area (Å²) in [6.45, 7) is 9.67. The van der Waals surface area contributed by atoms with E-state index in [4.69, 9.17) is 9.72 Å². The first kappa shape index (κ1) is 20.0. The first-order chi connectivity index (χ1) is 14.3. The number of hydrogen-bond donors (Lipinski definition) is 1. The van der Waals surface area contributed by atoms with E-state index in [1.165, 1.54) is 31.5 Å². The summed E-state index contributed by atoms with van der Waals surface area (Å²) in [7, 11) is 0. The summed E-state index contributed by atoms with van der Waals surface area (Å²) in [6, 6.07) is 8.62. The van der Waals surface area contributed by atoms with E-state index in [2.05, 4.69) is 33.9 Å². The van der Waals surface area contributed by atoms with Crippen LogP contribution in [0.1, 0.15) is 45.1 Å². The Morgan fingerprint density at radius 3 is 2.76 bits per heavy atom. The fourth-order valence-corrected chi connectivity index (χ4v) is 4.41. The zero-order valence-corrected chi connectivity index (χ0v) is 17.7. The molecule has 0 amide bonds. The predicted molar refractivity (Wildman–Crippen MR) is 118 cm³/mol. The van der Waals surface area contributed by atoms with E-state index in [1.54, 1.807) is 0 Å². The monoisotopic (exact) mass is 395 g/mol. The van der Waals surface area contributed by atoms with Crippen LogP contribution in [0.5, 0.6) is 5.75 Å². The van der Waals surface area contributed by atoms with Crippen LogP contribution in [0.2, 0.25) is 0 Å². The molecule has 0 unspecified atom stereocenters. The third-order valence-corrected chi connectivity index (χ3v) is 6.08. The van der Waals surface area contributed by atoms with Crippen LogP contribution in [0, 0.1) is 0 Å². The minimum Gasteiger partial charge on any atom is -0.492 e. The van der Waals surface area contributed by atoms with E-state index in [0.29, 0.717) is 12.0 Å². The number of anilines is 3. The van der Waals surface area contributed by atoms with Crippen molar-refractivity contribution < 1.29 is 4.74 Å². The highest BCUT2D eigenvalue weighted by atomic mass is 16.5. The number of benzene rings is 1. The number of nitrogens with zero attached hydrogens (tertiary/aromatic N) is 4. The molecule has 1 aromatic heterocycles. The molecule has 2 aromatic rings. The second kappa shape index (κ2) is 9.44. The number of nitrogens with one attached hydrogen (secondary N) is 1. The molecule has 1 saturated heterocycles. The zero-order valence-electron chi connectivity index (χ0n) is 17.7. The molecule has 0 atom stereocenters. The first-order valence-corrected chi connectivity index (χ1v) is 11.1. The molecule has 4 rings (SSSR count).